The Kier molecular flexibility index (Phi) is 4.81. The third-order valence-corrected chi connectivity index (χ3v) is 3.49. The van der Waals surface area contributed by atoms with Crippen molar-refractivity contribution >= 4 is 36.9 Å². The molecule has 19 heavy (non-hydrogen) atoms. The monoisotopic (exact) mass is 448 g/mol. The zero-order valence-corrected chi connectivity index (χ0v) is 13.6. The molecule has 2 aromatic rings. The van der Waals surface area contributed by atoms with Crippen LogP contribution in [0.2, 0.25) is 0 Å². The van der Waals surface area contributed by atoms with Crippen LogP contribution >= 0.6 is 0 Å². The molecule has 4 heteroatoms. The van der Waals surface area contributed by atoms with E-state index < -0.39 is 0 Å². The Labute approximate surface area is 127 Å². The number of rotatable bonds is 4. The Balaban J connectivity index is 2.15. The van der Waals surface area contributed by atoms with Gasteiger partial charge in [-0.1, -0.05) is 0 Å². The van der Waals surface area contributed by atoms with Crippen molar-refractivity contribution < 1.29 is 12.4 Å². The van der Waals surface area contributed by atoms with Crippen molar-refractivity contribution in [2.45, 2.75) is 6.42 Å². The fourth-order valence-electron chi connectivity index (χ4n) is 1.73. The maximum atomic E-state index is 12.1. The molecule has 0 unspecified atom stereocenters. The molecule has 3 nitrogen and oxygen atoms in total. The summed E-state index contributed by atoms with van der Waals surface area (Å²) in [5, 5.41) is 0. The SMILES string of the molecule is O=C(Cc1ccc(C(=O)c2ccccc2)cc1)[O][Bi]. The number of ketones is 1. The molecule has 0 N–H and O–H groups in total. The molecule has 2 radical (unpaired) electrons. The molecule has 2 aromatic carbocycles. The molecule has 0 amide bonds. The second kappa shape index (κ2) is 6.58. The Hall–Kier alpha value is -1.54. The van der Waals surface area contributed by atoms with E-state index >= 15 is 0 Å². The summed E-state index contributed by atoms with van der Waals surface area (Å²) < 4.78 is 4.71. The summed E-state index contributed by atoms with van der Waals surface area (Å²) >= 11 is 0.598. The minimum absolute atomic E-state index is 0.0175. The first-order valence-electron chi connectivity index (χ1n) is 5.73. The van der Waals surface area contributed by atoms with E-state index in [-0.39, 0.29) is 18.2 Å². The Bertz CT molecular complexity index is 576. The normalized spacial score (nSPS) is 9.95. The van der Waals surface area contributed by atoms with Gasteiger partial charge in [0.1, 0.15) is 0 Å². The van der Waals surface area contributed by atoms with Gasteiger partial charge in [-0.05, 0) is 0 Å². The van der Waals surface area contributed by atoms with Gasteiger partial charge in [-0.25, -0.2) is 0 Å². The van der Waals surface area contributed by atoms with Crippen molar-refractivity contribution in [2.24, 2.45) is 0 Å². The molecule has 0 aromatic heterocycles. The number of hydrogen-bond donors (Lipinski definition) is 0. The zero-order valence-electron chi connectivity index (χ0n) is 10.1. The fraction of sp³-hybridized carbons (Fsp3) is 0.0667. The Morgan fingerprint density at radius 1 is 0.895 bits per heavy atom. The number of carbonyl (C=O) groups is 2. The van der Waals surface area contributed by atoms with Crippen molar-refractivity contribution in [2.75, 3.05) is 0 Å². The molecular formula is C15H11BiO3. The first-order valence-corrected chi connectivity index (χ1v) is 7.15. The summed E-state index contributed by atoms with van der Waals surface area (Å²) in [5.41, 5.74) is 2.13. The first-order chi connectivity index (χ1) is 9.20. The topological polar surface area (TPSA) is 43.4 Å². The third-order valence-electron chi connectivity index (χ3n) is 2.70. The molecule has 0 fully saturated rings. The van der Waals surface area contributed by atoms with Crippen LogP contribution in [-0.4, -0.2) is 36.9 Å². The van der Waals surface area contributed by atoms with Crippen molar-refractivity contribution in [1.29, 1.82) is 0 Å². The van der Waals surface area contributed by atoms with Gasteiger partial charge in [0.05, 0.1) is 0 Å². The van der Waals surface area contributed by atoms with E-state index in [4.69, 9.17) is 2.81 Å². The van der Waals surface area contributed by atoms with Gasteiger partial charge < -0.3 is 0 Å². The van der Waals surface area contributed by atoms with Crippen LogP contribution in [0, 0.1) is 0 Å². The number of carbonyl (C=O) groups excluding carboxylic acids is 2. The van der Waals surface area contributed by atoms with Gasteiger partial charge in [0, 0.05) is 0 Å². The van der Waals surface area contributed by atoms with E-state index in [0.29, 0.717) is 36.3 Å². The van der Waals surface area contributed by atoms with E-state index in [2.05, 4.69) is 0 Å². The molecule has 0 aliphatic heterocycles. The molecule has 0 atom stereocenters. The summed E-state index contributed by atoms with van der Waals surface area (Å²) in [6.07, 6.45) is 0.246. The van der Waals surface area contributed by atoms with E-state index in [1.54, 1.807) is 36.4 Å². The van der Waals surface area contributed by atoms with Crippen LogP contribution in [0.25, 0.3) is 0 Å². The molecule has 0 bridgehead atoms. The second-order valence-electron chi connectivity index (χ2n) is 4.03. The number of benzene rings is 2. The van der Waals surface area contributed by atoms with Crippen molar-refractivity contribution in [3.63, 3.8) is 0 Å². The standard InChI is InChI=1S/C15H12O3.Bi/c16-14(17)10-11-6-8-13(9-7-11)15(18)12-4-2-1-3-5-12;/h1-9H,10H2,(H,16,17);/q;+1/p-1. The third kappa shape index (κ3) is 3.71. The fourth-order valence-corrected chi connectivity index (χ4v) is 1.98. The zero-order chi connectivity index (χ0) is 13.7. The Morgan fingerprint density at radius 3 is 2.05 bits per heavy atom. The number of hydrogen-bond acceptors (Lipinski definition) is 3. The van der Waals surface area contributed by atoms with Gasteiger partial charge in [0.2, 0.25) is 0 Å². The molecule has 0 spiro atoms. The Morgan fingerprint density at radius 2 is 1.47 bits per heavy atom. The van der Waals surface area contributed by atoms with Crippen LogP contribution in [-0.2, 0) is 14.0 Å². The molecule has 0 aliphatic carbocycles. The van der Waals surface area contributed by atoms with E-state index in [0.717, 1.165) is 5.56 Å². The predicted molar refractivity (Wildman–Crippen MR) is 71.9 cm³/mol. The van der Waals surface area contributed by atoms with Gasteiger partial charge >= 0.3 is 127 Å². The summed E-state index contributed by atoms with van der Waals surface area (Å²) in [6.45, 7) is 0. The van der Waals surface area contributed by atoms with Crippen molar-refractivity contribution in [3.8, 4) is 0 Å². The molecule has 0 saturated heterocycles. The van der Waals surface area contributed by atoms with Gasteiger partial charge in [0.25, 0.3) is 0 Å². The van der Waals surface area contributed by atoms with Crippen LogP contribution in [0.4, 0.5) is 0 Å². The van der Waals surface area contributed by atoms with E-state index in [9.17, 15) is 9.59 Å². The quantitative estimate of drug-likeness (QED) is 0.532. The van der Waals surface area contributed by atoms with Crippen LogP contribution in [0.5, 0.6) is 0 Å². The summed E-state index contributed by atoms with van der Waals surface area (Å²) in [7, 11) is 0. The van der Waals surface area contributed by atoms with Crippen LogP contribution in [0.3, 0.4) is 0 Å². The van der Waals surface area contributed by atoms with Crippen LogP contribution in [0.1, 0.15) is 21.5 Å². The van der Waals surface area contributed by atoms with E-state index in [1.807, 2.05) is 18.2 Å². The predicted octanol–water partition coefficient (Wildman–Crippen LogP) is 2.09. The maximum absolute atomic E-state index is 12.1. The average molecular weight is 448 g/mol. The summed E-state index contributed by atoms with van der Waals surface area (Å²) in [4.78, 5) is 23.3. The molecule has 0 heterocycles. The molecule has 0 saturated carbocycles. The van der Waals surface area contributed by atoms with Gasteiger partial charge in [-0.2, -0.15) is 0 Å². The first kappa shape index (κ1) is 13.9. The summed E-state index contributed by atoms with van der Waals surface area (Å²) in [5.74, 6) is -0.258. The van der Waals surface area contributed by atoms with Gasteiger partial charge in [-0.15, -0.1) is 0 Å². The molecular weight excluding hydrogens is 437 g/mol. The molecule has 0 aliphatic rings. The van der Waals surface area contributed by atoms with Crippen LogP contribution in [0.15, 0.2) is 54.6 Å². The summed E-state index contributed by atoms with van der Waals surface area (Å²) in [6, 6.07) is 16.2. The second-order valence-corrected chi connectivity index (χ2v) is 4.74. The molecule has 2 rings (SSSR count). The van der Waals surface area contributed by atoms with Gasteiger partial charge in [-0.3, -0.25) is 0 Å². The molecule has 94 valence electrons. The van der Waals surface area contributed by atoms with Crippen molar-refractivity contribution in [1.82, 2.24) is 0 Å². The van der Waals surface area contributed by atoms with E-state index in [1.165, 1.54) is 0 Å². The van der Waals surface area contributed by atoms with Crippen LogP contribution < -0.4 is 0 Å². The van der Waals surface area contributed by atoms with Crippen molar-refractivity contribution in [3.05, 3.63) is 71.3 Å². The average Bonchev–Trinajstić information content (AvgIpc) is 2.48. The minimum atomic E-state index is -0.240. The van der Waals surface area contributed by atoms with Gasteiger partial charge in [0.15, 0.2) is 0 Å².